The molecule has 0 aliphatic carbocycles. The number of hydrazone groups is 1. The summed E-state index contributed by atoms with van der Waals surface area (Å²) in [7, 11) is 1.59. The molecule has 114 valence electrons. The summed E-state index contributed by atoms with van der Waals surface area (Å²) in [5.41, 5.74) is 3.19. The molecule has 0 aromatic heterocycles. The fourth-order valence-corrected chi connectivity index (χ4v) is 1.83. The molecule has 0 saturated carbocycles. The predicted octanol–water partition coefficient (Wildman–Crippen LogP) is 2.88. The second-order valence-electron chi connectivity index (χ2n) is 4.29. The van der Waals surface area contributed by atoms with Crippen LogP contribution in [0.25, 0.3) is 0 Å². The molecule has 2 aromatic rings. The first-order chi connectivity index (χ1) is 10.7. The summed E-state index contributed by atoms with van der Waals surface area (Å²) in [6, 6.07) is 14.3. The lowest BCUT2D eigenvalue weighted by atomic mass is 10.2. The van der Waals surface area contributed by atoms with Crippen molar-refractivity contribution >= 4 is 23.7 Å². The van der Waals surface area contributed by atoms with Gasteiger partial charge in [0.1, 0.15) is 11.5 Å². The Kier molecular flexibility index (Phi) is 5.80. The van der Waals surface area contributed by atoms with E-state index in [9.17, 15) is 4.79 Å². The molecule has 0 atom stereocenters. The Bertz CT molecular complexity index is 674. The largest absolute Gasteiger partial charge is 0.497 e. The highest BCUT2D eigenvalue weighted by atomic mass is 35.5. The monoisotopic (exact) mass is 318 g/mol. The maximum atomic E-state index is 11.6. The van der Waals surface area contributed by atoms with Gasteiger partial charge in [-0.05, 0) is 29.8 Å². The Morgan fingerprint density at radius 2 is 2.09 bits per heavy atom. The van der Waals surface area contributed by atoms with E-state index in [1.54, 1.807) is 37.4 Å². The molecule has 22 heavy (non-hydrogen) atoms. The number of amides is 1. The fraction of sp³-hybridized carbons (Fsp3) is 0.125. The molecule has 2 aromatic carbocycles. The molecule has 0 saturated heterocycles. The van der Waals surface area contributed by atoms with Crippen molar-refractivity contribution in [2.75, 3.05) is 13.7 Å². The second-order valence-corrected chi connectivity index (χ2v) is 4.70. The Labute approximate surface area is 133 Å². The van der Waals surface area contributed by atoms with Gasteiger partial charge in [0.05, 0.1) is 18.3 Å². The van der Waals surface area contributed by atoms with E-state index in [0.29, 0.717) is 10.8 Å². The molecule has 2 rings (SSSR count). The Balaban J connectivity index is 1.82. The standard InChI is InChI=1S/C16H15ClN2O3/c1-21-13-6-4-5-12(9-13)10-18-19-16(20)11-22-15-8-3-2-7-14(15)17/h2-10H,11H2,1H3,(H,19,20)/b18-10-. The molecule has 0 fully saturated rings. The van der Waals surface area contributed by atoms with Crippen LogP contribution in [-0.2, 0) is 4.79 Å². The summed E-state index contributed by atoms with van der Waals surface area (Å²) >= 11 is 5.92. The number of nitrogens with zero attached hydrogens (tertiary/aromatic N) is 1. The van der Waals surface area contributed by atoms with Crippen LogP contribution in [0.2, 0.25) is 5.02 Å². The highest BCUT2D eigenvalue weighted by Crippen LogP contribution is 2.22. The Hall–Kier alpha value is -2.53. The number of hydrogen-bond acceptors (Lipinski definition) is 4. The predicted molar refractivity (Wildman–Crippen MR) is 85.7 cm³/mol. The third-order valence-corrected chi connectivity index (χ3v) is 3.00. The molecular weight excluding hydrogens is 304 g/mol. The van der Waals surface area contributed by atoms with E-state index in [2.05, 4.69) is 10.5 Å². The zero-order valence-electron chi connectivity index (χ0n) is 12.0. The molecule has 0 aliphatic rings. The van der Waals surface area contributed by atoms with Crippen molar-refractivity contribution in [1.82, 2.24) is 5.43 Å². The first kappa shape index (κ1) is 15.9. The molecule has 0 unspecified atom stereocenters. The lowest BCUT2D eigenvalue weighted by Gasteiger charge is -2.06. The highest BCUT2D eigenvalue weighted by molar-refractivity contribution is 6.32. The van der Waals surface area contributed by atoms with Gasteiger partial charge in [-0.3, -0.25) is 4.79 Å². The quantitative estimate of drug-likeness (QED) is 0.658. The minimum atomic E-state index is -0.376. The molecule has 0 bridgehead atoms. The van der Waals surface area contributed by atoms with Crippen LogP contribution in [-0.4, -0.2) is 25.8 Å². The van der Waals surface area contributed by atoms with E-state index in [1.165, 1.54) is 6.21 Å². The smallest absolute Gasteiger partial charge is 0.277 e. The molecule has 1 N–H and O–H groups in total. The van der Waals surface area contributed by atoms with Crippen molar-refractivity contribution in [3.05, 3.63) is 59.1 Å². The first-order valence-electron chi connectivity index (χ1n) is 6.52. The maximum absolute atomic E-state index is 11.6. The van der Waals surface area contributed by atoms with Gasteiger partial charge >= 0.3 is 0 Å². The number of carbonyl (C=O) groups excluding carboxylic acids is 1. The van der Waals surface area contributed by atoms with Gasteiger partial charge in [0, 0.05) is 0 Å². The lowest BCUT2D eigenvalue weighted by molar-refractivity contribution is -0.123. The summed E-state index contributed by atoms with van der Waals surface area (Å²) in [6.45, 7) is -0.167. The Morgan fingerprint density at radius 1 is 1.27 bits per heavy atom. The van der Waals surface area contributed by atoms with Gasteiger partial charge < -0.3 is 9.47 Å². The van der Waals surface area contributed by atoms with E-state index in [4.69, 9.17) is 21.1 Å². The molecular formula is C16H15ClN2O3. The number of ether oxygens (including phenoxy) is 2. The van der Waals surface area contributed by atoms with E-state index < -0.39 is 0 Å². The van der Waals surface area contributed by atoms with Crippen LogP contribution < -0.4 is 14.9 Å². The van der Waals surface area contributed by atoms with Crippen LogP contribution in [0.5, 0.6) is 11.5 Å². The molecule has 5 nitrogen and oxygen atoms in total. The number of carbonyl (C=O) groups is 1. The average molecular weight is 319 g/mol. The number of methoxy groups -OCH3 is 1. The fourth-order valence-electron chi connectivity index (χ4n) is 1.64. The van der Waals surface area contributed by atoms with Gasteiger partial charge in [0.2, 0.25) is 0 Å². The third-order valence-electron chi connectivity index (χ3n) is 2.69. The van der Waals surface area contributed by atoms with Crippen molar-refractivity contribution in [2.24, 2.45) is 5.10 Å². The van der Waals surface area contributed by atoms with Crippen LogP contribution in [0.4, 0.5) is 0 Å². The number of rotatable bonds is 6. The van der Waals surface area contributed by atoms with Crippen LogP contribution in [0.1, 0.15) is 5.56 Å². The van der Waals surface area contributed by atoms with Gasteiger partial charge in [-0.2, -0.15) is 5.10 Å². The first-order valence-corrected chi connectivity index (χ1v) is 6.90. The van der Waals surface area contributed by atoms with Crippen molar-refractivity contribution in [3.63, 3.8) is 0 Å². The number of hydrogen-bond donors (Lipinski definition) is 1. The number of benzene rings is 2. The van der Waals surface area contributed by atoms with Crippen molar-refractivity contribution in [1.29, 1.82) is 0 Å². The normalized spacial score (nSPS) is 10.5. The SMILES string of the molecule is COc1cccc(/C=N\NC(=O)COc2ccccc2Cl)c1. The second kappa shape index (κ2) is 8.05. The minimum Gasteiger partial charge on any atom is -0.497 e. The highest BCUT2D eigenvalue weighted by Gasteiger charge is 2.04. The number of halogens is 1. The van der Waals surface area contributed by atoms with Gasteiger partial charge in [0.15, 0.2) is 6.61 Å². The zero-order valence-corrected chi connectivity index (χ0v) is 12.7. The lowest BCUT2D eigenvalue weighted by Crippen LogP contribution is -2.24. The van der Waals surface area contributed by atoms with Crippen LogP contribution >= 0.6 is 11.6 Å². The van der Waals surface area contributed by atoms with Gasteiger partial charge in [-0.15, -0.1) is 0 Å². The summed E-state index contributed by atoms with van der Waals surface area (Å²) in [5.74, 6) is 0.799. The van der Waals surface area contributed by atoms with Crippen molar-refractivity contribution in [2.45, 2.75) is 0 Å². The summed E-state index contributed by atoms with van der Waals surface area (Å²) in [5, 5.41) is 4.31. The third kappa shape index (κ3) is 4.79. The van der Waals surface area contributed by atoms with E-state index in [1.807, 2.05) is 18.2 Å². The molecule has 0 radical (unpaired) electrons. The minimum absolute atomic E-state index is 0.167. The average Bonchev–Trinajstić information content (AvgIpc) is 2.54. The van der Waals surface area contributed by atoms with Crippen LogP contribution in [0, 0.1) is 0 Å². The maximum Gasteiger partial charge on any atom is 0.277 e. The van der Waals surface area contributed by atoms with Crippen molar-refractivity contribution in [3.8, 4) is 11.5 Å². The van der Waals surface area contributed by atoms with E-state index in [-0.39, 0.29) is 12.5 Å². The summed E-state index contributed by atoms with van der Waals surface area (Å²) in [6.07, 6.45) is 1.52. The summed E-state index contributed by atoms with van der Waals surface area (Å²) < 4.78 is 10.4. The topological polar surface area (TPSA) is 59.9 Å². The molecule has 1 amide bonds. The van der Waals surface area contributed by atoms with E-state index in [0.717, 1.165) is 11.3 Å². The zero-order chi connectivity index (χ0) is 15.8. The Morgan fingerprint density at radius 3 is 2.86 bits per heavy atom. The van der Waals surface area contributed by atoms with Gasteiger partial charge in [-0.25, -0.2) is 5.43 Å². The number of nitrogens with one attached hydrogen (secondary N) is 1. The van der Waals surface area contributed by atoms with Crippen LogP contribution in [0.3, 0.4) is 0 Å². The number of para-hydroxylation sites is 1. The molecule has 0 aliphatic heterocycles. The molecule has 6 heteroatoms. The van der Waals surface area contributed by atoms with Crippen molar-refractivity contribution < 1.29 is 14.3 Å². The van der Waals surface area contributed by atoms with Crippen LogP contribution in [0.15, 0.2) is 53.6 Å². The molecule has 0 heterocycles. The summed E-state index contributed by atoms with van der Waals surface area (Å²) in [4.78, 5) is 11.6. The molecule has 0 spiro atoms. The van der Waals surface area contributed by atoms with E-state index >= 15 is 0 Å². The van der Waals surface area contributed by atoms with Gasteiger partial charge in [0.25, 0.3) is 5.91 Å². The van der Waals surface area contributed by atoms with Gasteiger partial charge in [-0.1, -0.05) is 35.9 Å².